The van der Waals surface area contributed by atoms with Crippen LogP contribution in [0.2, 0.25) is 0 Å². The molecule has 3 heteroatoms. The van der Waals surface area contributed by atoms with Crippen LogP contribution in [0.25, 0.3) is 0 Å². The van der Waals surface area contributed by atoms with Gasteiger partial charge >= 0.3 is 0 Å². The van der Waals surface area contributed by atoms with E-state index in [-0.39, 0.29) is 0 Å². The minimum atomic E-state index is 0.568. The Hall–Kier alpha value is -0.120. The second-order valence-corrected chi connectivity index (χ2v) is 6.32. The van der Waals surface area contributed by atoms with Gasteiger partial charge in [-0.05, 0) is 52.2 Å². The third-order valence-electron chi connectivity index (χ3n) is 4.71. The maximum absolute atomic E-state index is 5.95. The highest BCUT2D eigenvalue weighted by Crippen LogP contribution is 2.20. The van der Waals surface area contributed by atoms with E-state index in [9.17, 15) is 0 Å². The van der Waals surface area contributed by atoms with Crippen molar-refractivity contribution in [2.45, 2.75) is 69.9 Å². The molecule has 0 spiro atoms. The van der Waals surface area contributed by atoms with E-state index in [0.717, 1.165) is 32.2 Å². The van der Waals surface area contributed by atoms with E-state index in [2.05, 4.69) is 17.3 Å². The second-order valence-electron chi connectivity index (χ2n) is 6.32. The Morgan fingerprint density at radius 1 is 1.05 bits per heavy atom. The molecule has 0 aromatic rings. The van der Waals surface area contributed by atoms with Gasteiger partial charge in [0.2, 0.25) is 0 Å². The summed E-state index contributed by atoms with van der Waals surface area (Å²) in [5, 5.41) is 3.60. The van der Waals surface area contributed by atoms with Crippen molar-refractivity contribution in [3.63, 3.8) is 0 Å². The van der Waals surface area contributed by atoms with Gasteiger partial charge in [-0.3, -0.25) is 0 Å². The molecule has 112 valence electrons. The van der Waals surface area contributed by atoms with Gasteiger partial charge in [-0.1, -0.05) is 25.7 Å². The van der Waals surface area contributed by atoms with Crippen molar-refractivity contribution in [3.05, 3.63) is 0 Å². The molecule has 1 aliphatic carbocycles. The molecule has 0 bridgehead atoms. The molecule has 1 saturated heterocycles. The molecular weight excluding hydrogens is 236 g/mol. The summed E-state index contributed by atoms with van der Waals surface area (Å²) in [7, 11) is 2.26. The fourth-order valence-electron chi connectivity index (χ4n) is 3.35. The molecule has 1 aliphatic heterocycles. The van der Waals surface area contributed by atoms with Gasteiger partial charge in [-0.25, -0.2) is 0 Å². The number of hydrogen-bond acceptors (Lipinski definition) is 3. The molecule has 0 amide bonds. The standard InChI is InChI=1S/C16H32N2O/c1-18-12-6-5-8-15(18)14-17-11-7-13-19-16-9-3-2-4-10-16/h15-17H,2-14H2,1H3. The van der Waals surface area contributed by atoms with Gasteiger partial charge in [-0.15, -0.1) is 0 Å². The van der Waals surface area contributed by atoms with Crippen LogP contribution in [-0.2, 0) is 4.74 Å². The molecule has 2 fully saturated rings. The lowest BCUT2D eigenvalue weighted by Crippen LogP contribution is -2.43. The van der Waals surface area contributed by atoms with Crippen molar-refractivity contribution in [3.8, 4) is 0 Å². The van der Waals surface area contributed by atoms with Gasteiger partial charge < -0.3 is 15.0 Å². The number of likely N-dealkylation sites (tertiary alicyclic amines) is 1. The highest BCUT2D eigenvalue weighted by atomic mass is 16.5. The van der Waals surface area contributed by atoms with Crippen LogP contribution in [0.15, 0.2) is 0 Å². The van der Waals surface area contributed by atoms with Crippen LogP contribution in [0, 0.1) is 0 Å². The Kier molecular flexibility index (Phi) is 7.18. The zero-order chi connectivity index (χ0) is 13.3. The molecule has 1 heterocycles. The van der Waals surface area contributed by atoms with E-state index in [1.807, 2.05) is 0 Å². The fraction of sp³-hybridized carbons (Fsp3) is 1.00. The van der Waals surface area contributed by atoms with Gasteiger partial charge in [0, 0.05) is 19.2 Å². The van der Waals surface area contributed by atoms with Crippen LogP contribution in [0.5, 0.6) is 0 Å². The molecular formula is C16H32N2O. The normalized spacial score (nSPS) is 26.7. The Morgan fingerprint density at radius 2 is 1.84 bits per heavy atom. The van der Waals surface area contributed by atoms with Crippen LogP contribution in [0.4, 0.5) is 0 Å². The Morgan fingerprint density at radius 3 is 2.63 bits per heavy atom. The summed E-state index contributed by atoms with van der Waals surface area (Å²) in [6, 6.07) is 0.757. The van der Waals surface area contributed by atoms with E-state index >= 15 is 0 Å². The highest BCUT2D eigenvalue weighted by molar-refractivity contribution is 4.76. The molecule has 0 aromatic heterocycles. The first-order chi connectivity index (χ1) is 9.36. The molecule has 1 saturated carbocycles. The maximum Gasteiger partial charge on any atom is 0.0575 e. The summed E-state index contributed by atoms with van der Waals surface area (Å²) in [5.74, 6) is 0. The second kappa shape index (κ2) is 8.93. The minimum absolute atomic E-state index is 0.568. The maximum atomic E-state index is 5.95. The number of nitrogens with one attached hydrogen (secondary N) is 1. The van der Waals surface area contributed by atoms with Gasteiger partial charge in [0.05, 0.1) is 6.10 Å². The van der Waals surface area contributed by atoms with Gasteiger partial charge in [-0.2, -0.15) is 0 Å². The summed E-state index contributed by atoms with van der Waals surface area (Å²) in [5.41, 5.74) is 0. The Labute approximate surface area is 119 Å². The first-order valence-electron chi connectivity index (χ1n) is 8.39. The van der Waals surface area contributed by atoms with Crippen LogP contribution in [0.3, 0.4) is 0 Å². The topological polar surface area (TPSA) is 24.5 Å². The van der Waals surface area contributed by atoms with Crippen molar-refractivity contribution < 1.29 is 4.74 Å². The van der Waals surface area contributed by atoms with Crippen molar-refractivity contribution in [1.82, 2.24) is 10.2 Å². The average molecular weight is 268 g/mol. The molecule has 0 radical (unpaired) electrons. The van der Waals surface area contributed by atoms with Crippen LogP contribution >= 0.6 is 0 Å². The summed E-state index contributed by atoms with van der Waals surface area (Å²) in [6.45, 7) is 4.48. The van der Waals surface area contributed by atoms with E-state index in [4.69, 9.17) is 4.74 Å². The fourth-order valence-corrected chi connectivity index (χ4v) is 3.35. The number of nitrogens with zero attached hydrogens (tertiary/aromatic N) is 1. The number of piperidine rings is 1. The molecule has 2 aliphatic rings. The quantitative estimate of drug-likeness (QED) is 0.719. The van der Waals surface area contributed by atoms with Gasteiger partial charge in [0.25, 0.3) is 0 Å². The molecule has 3 nitrogen and oxygen atoms in total. The van der Waals surface area contributed by atoms with Crippen molar-refractivity contribution >= 4 is 0 Å². The molecule has 1 unspecified atom stereocenters. The van der Waals surface area contributed by atoms with Crippen LogP contribution in [0.1, 0.15) is 57.8 Å². The summed E-state index contributed by atoms with van der Waals surface area (Å²) >= 11 is 0. The lowest BCUT2D eigenvalue weighted by Gasteiger charge is -2.32. The van der Waals surface area contributed by atoms with Crippen molar-refractivity contribution in [2.24, 2.45) is 0 Å². The van der Waals surface area contributed by atoms with E-state index in [0.29, 0.717) is 6.10 Å². The molecule has 19 heavy (non-hydrogen) atoms. The summed E-state index contributed by atoms with van der Waals surface area (Å²) in [6.07, 6.45) is 12.6. The van der Waals surface area contributed by atoms with E-state index in [1.54, 1.807) is 0 Å². The Balaban J connectivity index is 1.43. The predicted molar refractivity (Wildman–Crippen MR) is 80.6 cm³/mol. The van der Waals surface area contributed by atoms with Crippen molar-refractivity contribution in [1.29, 1.82) is 0 Å². The lowest BCUT2D eigenvalue weighted by atomic mass is 9.98. The number of likely N-dealkylation sites (N-methyl/N-ethyl adjacent to an activating group) is 1. The number of ether oxygens (including phenoxy) is 1. The number of rotatable bonds is 7. The molecule has 1 N–H and O–H groups in total. The van der Waals surface area contributed by atoms with Crippen molar-refractivity contribution in [2.75, 3.05) is 33.3 Å². The first-order valence-corrected chi connectivity index (χ1v) is 8.39. The first kappa shape index (κ1) is 15.3. The predicted octanol–water partition coefficient (Wildman–Crippen LogP) is 2.80. The molecule has 0 aromatic carbocycles. The average Bonchev–Trinajstić information content (AvgIpc) is 2.45. The van der Waals surface area contributed by atoms with E-state index in [1.165, 1.54) is 57.9 Å². The zero-order valence-electron chi connectivity index (χ0n) is 12.7. The smallest absolute Gasteiger partial charge is 0.0575 e. The monoisotopic (exact) mass is 268 g/mol. The third-order valence-corrected chi connectivity index (χ3v) is 4.71. The molecule has 1 atom stereocenters. The zero-order valence-corrected chi connectivity index (χ0v) is 12.7. The van der Waals surface area contributed by atoms with E-state index < -0.39 is 0 Å². The summed E-state index contributed by atoms with van der Waals surface area (Å²) in [4.78, 5) is 2.51. The lowest BCUT2D eigenvalue weighted by molar-refractivity contribution is 0.0271. The highest BCUT2D eigenvalue weighted by Gasteiger charge is 2.18. The largest absolute Gasteiger partial charge is 0.378 e. The van der Waals surface area contributed by atoms with Crippen LogP contribution in [-0.4, -0.2) is 50.3 Å². The minimum Gasteiger partial charge on any atom is -0.378 e. The van der Waals surface area contributed by atoms with Crippen LogP contribution < -0.4 is 5.32 Å². The summed E-state index contributed by atoms with van der Waals surface area (Å²) < 4.78 is 5.95. The number of hydrogen-bond donors (Lipinski definition) is 1. The van der Waals surface area contributed by atoms with Gasteiger partial charge in [0.1, 0.15) is 0 Å². The Bertz CT molecular complexity index is 229. The van der Waals surface area contributed by atoms with Gasteiger partial charge in [0.15, 0.2) is 0 Å². The molecule has 2 rings (SSSR count). The third kappa shape index (κ3) is 5.80. The SMILES string of the molecule is CN1CCCCC1CNCCCOC1CCCCC1.